The number of carbonyl (C=O) groups is 1. The van der Waals surface area contributed by atoms with E-state index in [1.54, 1.807) is 13.3 Å². The summed E-state index contributed by atoms with van der Waals surface area (Å²) in [6.45, 7) is 6.06. The highest BCUT2D eigenvalue weighted by Gasteiger charge is 2.38. The van der Waals surface area contributed by atoms with Crippen molar-refractivity contribution in [3.63, 3.8) is 0 Å². The number of rotatable bonds is 4. The Balaban J connectivity index is 2.19. The third kappa shape index (κ3) is 2.33. The van der Waals surface area contributed by atoms with E-state index in [9.17, 15) is 4.79 Å². The third-order valence-electron chi connectivity index (χ3n) is 3.61. The fraction of sp³-hybridized carbons (Fsp3) is 0.571. The number of Topliss-reactive ketones (excluding diaryl/α,β-unsaturated/α-hetero) is 1. The van der Waals surface area contributed by atoms with E-state index >= 15 is 0 Å². The van der Waals surface area contributed by atoms with Gasteiger partial charge in [0.05, 0.1) is 12.8 Å². The largest absolute Gasteiger partial charge is 0.496 e. The first kappa shape index (κ1) is 12.1. The molecule has 0 radical (unpaired) electrons. The maximum atomic E-state index is 11.9. The van der Waals surface area contributed by atoms with Crippen LogP contribution in [0.25, 0.3) is 0 Å². The summed E-state index contributed by atoms with van der Waals surface area (Å²) in [5.41, 5.74) is 2.87. The van der Waals surface area contributed by atoms with Crippen LogP contribution in [0.5, 0.6) is 5.75 Å². The lowest BCUT2D eigenvalue weighted by atomic mass is 10.0. The zero-order chi connectivity index (χ0) is 12.6. The summed E-state index contributed by atoms with van der Waals surface area (Å²) < 4.78 is 5.34. The van der Waals surface area contributed by atoms with E-state index in [0.29, 0.717) is 18.1 Å². The molecule has 3 heteroatoms. The molecule has 0 saturated heterocycles. The van der Waals surface area contributed by atoms with Gasteiger partial charge in [0, 0.05) is 29.7 Å². The Bertz CT molecular complexity index is 454. The van der Waals surface area contributed by atoms with Gasteiger partial charge < -0.3 is 4.74 Å². The average Bonchev–Trinajstić information content (AvgIpc) is 3.00. The Hall–Kier alpha value is -1.38. The minimum absolute atomic E-state index is 0.267. The van der Waals surface area contributed by atoms with Crippen molar-refractivity contribution in [2.45, 2.75) is 33.6 Å². The SMILES string of the molecule is COc1c(C)cnc(CC(=O)C2CC2C)c1C. The van der Waals surface area contributed by atoms with E-state index in [1.165, 1.54) is 0 Å². The van der Waals surface area contributed by atoms with Gasteiger partial charge in [-0.1, -0.05) is 6.92 Å². The van der Waals surface area contributed by atoms with Crippen molar-refractivity contribution >= 4 is 5.78 Å². The van der Waals surface area contributed by atoms with Crippen LogP contribution in [0.2, 0.25) is 0 Å². The van der Waals surface area contributed by atoms with Crippen LogP contribution in [0.1, 0.15) is 30.2 Å². The molecule has 92 valence electrons. The summed E-state index contributed by atoms with van der Waals surface area (Å²) in [6.07, 6.45) is 3.27. The molecule has 1 aliphatic rings. The van der Waals surface area contributed by atoms with Crippen molar-refractivity contribution in [3.05, 3.63) is 23.0 Å². The van der Waals surface area contributed by atoms with Crippen LogP contribution in [0, 0.1) is 25.7 Å². The molecule has 0 aliphatic heterocycles. The summed E-state index contributed by atoms with van der Waals surface area (Å²) in [7, 11) is 1.66. The first-order valence-corrected chi connectivity index (χ1v) is 6.06. The Kier molecular flexibility index (Phi) is 3.18. The maximum Gasteiger partial charge on any atom is 0.142 e. The quantitative estimate of drug-likeness (QED) is 0.802. The van der Waals surface area contributed by atoms with Crippen LogP contribution in [0.15, 0.2) is 6.20 Å². The molecule has 2 rings (SSSR count). The second-order valence-electron chi connectivity index (χ2n) is 5.01. The third-order valence-corrected chi connectivity index (χ3v) is 3.61. The van der Waals surface area contributed by atoms with Gasteiger partial charge in [-0.2, -0.15) is 0 Å². The van der Waals surface area contributed by atoms with Gasteiger partial charge in [0.15, 0.2) is 0 Å². The summed E-state index contributed by atoms with van der Waals surface area (Å²) in [5, 5.41) is 0. The van der Waals surface area contributed by atoms with E-state index in [-0.39, 0.29) is 5.92 Å². The van der Waals surface area contributed by atoms with Gasteiger partial charge in [0.1, 0.15) is 11.5 Å². The first-order chi connectivity index (χ1) is 8.04. The Morgan fingerprint density at radius 1 is 1.53 bits per heavy atom. The van der Waals surface area contributed by atoms with Gasteiger partial charge in [-0.25, -0.2) is 0 Å². The fourth-order valence-corrected chi connectivity index (χ4v) is 2.32. The van der Waals surface area contributed by atoms with Crippen LogP contribution in [-0.4, -0.2) is 17.9 Å². The Labute approximate surface area is 102 Å². The number of methoxy groups -OCH3 is 1. The molecular weight excluding hydrogens is 214 g/mol. The second-order valence-corrected chi connectivity index (χ2v) is 5.01. The normalized spacial score (nSPS) is 22.4. The molecule has 0 amide bonds. The predicted molar refractivity (Wildman–Crippen MR) is 66.2 cm³/mol. The van der Waals surface area contributed by atoms with Gasteiger partial charge in [-0.3, -0.25) is 9.78 Å². The van der Waals surface area contributed by atoms with Crippen molar-refractivity contribution in [3.8, 4) is 5.75 Å². The summed E-state index contributed by atoms with van der Waals surface area (Å²) in [4.78, 5) is 16.3. The van der Waals surface area contributed by atoms with Gasteiger partial charge in [0.25, 0.3) is 0 Å². The zero-order valence-corrected chi connectivity index (χ0v) is 10.9. The molecule has 2 atom stereocenters. The Morgan fingerprint density at radius 3 is 2.71 bits per heavy atom. The average molecular weight is 233 g/mol. The number of ketones is 1. The minimum atomic E-state index is 0.267. The van der Waals surface area contributed by atoms with Crippen LogP contribution < -0.4 is 4.74 Å². The molecule has 0 bridgehead atoms. The maximum absolute atomic E-state index is 11.9. The van der Waals surface area contributed by atoms with E-state index in [4.69, 9.17) is 4.74 Å². The molecule has 2 unspecified atom stereocenters. The van der Waals surface area contributed by atoms with Crippen LogP contribution in [0.3, 0.4) is 0 Å². The molecule has 1 heterocycles. The molecule has 0 N–H and O–H groups in total. The highest BCUT2D eigenvalue weighted by molar-refractivity contribution is 5.85. The van der Waals surface area contributed by atoms with Crippen molar-refractivity contribution < 1.29 is 9.53 Å². The molecule has 17 heavy (non-hydrogen) atoms. The number of nitrogens with zero attached hydrogens (tertiary/aromatic N) is 1. The van der Waals surface area contributed by atoms with Gasteiger partial charge in [0.2, 0.25) is 0 Å². The van der Waals surface area contributed by atoms with Gasteiger partial charge in [-0.15, -0.1) is 0 Å². The number of ether oxygens (including phenoxy) is 1. The monoisotopic (exact) mass is 233 g/mol. The molecule has 3 nitrogen and oxygen atoms in total. The van der Waals surface area contributed by atoms with Crippen molar-refractivity contribution in [1.82, 2.24) is 4.98 Å². The van der Waals surface area contributed by atoms with Crippen molar-refractivity contribution in [2.24, 2.45) is 11.8 Å². The first-order valence-electron chi connectivity index (χ1n) is 6.06. The van der Waals surface area contributed by atoms with E-state index < -0.39 is 0 Å². The number of hydrogen-bond donors (Lipinski definition) is 0. The van der Waals surface area contributed by atoms with E-state index in [1.807, 2.05) is 13.8 Å². The molecule has 1 aromatic rings. The van der Waals surface area contributed by atoms with Crippen LogP contribution in [-0.2, 0) is 11.2 Å². The lowest BCUT2D eigenvalue weighted by molar-refractivity contribution is -0.119. The lowest BCUT2D eigenvalue weighted by Gasteiger charge is -2.11. The second kappa shape index (κ2) is 4.47. The van der Waals surface area contributed by atoms with Crippen LogP contribution in [0.4, 0.5) is 0 Å². The van der Waals surface area contributed by atoms with Gasteiger partial charge >= 0.3 is 0 Å². The molecule has 0 spiro atoms. The molecule has 1 fully saturated rings. The highest BCUT2D eigenvalue weighted by atomic mass is 16.5. The van der Waals surface area contributed by atoms with Gasteiger partial charge in [-0.05, 0) is 26.2 Å². The molecule has 0 aromatic carbocycles. The van der Waals surface area contributed by atoms with Crippen molar-refractivity contribution in [2.75, 3.05) is 7.11 Å². The summed E-state index contributed by atoms with van der Waals surface area (Å²) in [6, 6.07) is 0. The fourth-order valence-electron chi connectivity index (χ4n) is 2.32. The van der Waals surface area contributed by atoms with Crippen molar-refractivity contribution in [1.29, 1.82) is 0 Å². The van der Waals surface area contributed by atoms with Crippen LogP contribution >= 0.6 is 0 Å². The number of aromatic nitrogens is 1. The molecule has 1 aromatic heterocycles. The topological polar surface area (TPSA) is 39.2 Å². The molecular formula is C14H19NO2. The number of carbonyl (C=O) groups excluding carboxylic acids is 1. The zero-order valence-electron chi connectivity index (χ0n) is 10.9. The van der Waals surface area contributed by atoms with E-state index in [2.05, 4.69) is 11.9 Å². The predicted octanol–water partition coefficient (Wildman–Crippen LogP) is 2.47. The summed E-state index contributed by atoms with van der Waals surface area (Å²) in [5.74, 6) is 2.00. The number of aryl methyl sites for hydroxylation is 1. The smallest absolute Gasteiger partial charge is 0.142 e. The highest BCUT2D eigenvalue weighted by Crippen LogP contribution is 2.39. The summed E-state index contributed by atoms with van der Waals surface area (Å²) >= 11 is 0. The molecule has 1 aliphatic carbocycles. The standard InChI is InChI=1S/C14H19NO2/c1-8-5-11(8)13(16)6-12-10(3)14(17-4)9(2)7-15-12/h7-8,11H,5-6H2,1-4H3. The minimum Gasteiger partial charge on any atom is -0.496 e. The number of hydrogen-bond acceptors (Lipinski definition) is 3. The van der Waals surface area contributed by atoms with E-state index in [0.717, 1.165) is 29.0 Å². The number of pyridine rings is 1. The molecule has 1 saturated carbocycles. The Morgan fingerprint density at radius 2 is 2.18 bits per heavy atom. The lowest BCUT2D eigenvalue weighted by Crippen LogP contribution is -2.10.